The maximum absolute atomic E-state index is 11.4. The number of anilines is 3. The molecule has 29 heavy (non-hydrogen) atoms. The summed E-state index contributed by atoms with van der Waals surface area (Å²) in [5, 5.41) is 16.2. The number of benzene rings is 3. The lowest BCUT2D eigenvalue weighted by atomic mass is 10.1. The standard InChI is InChI=1S/C20H16N4O4S/c1-29(27,28)23-14-8-6-13(7-9-14)21-20-16-4-2-3-5-18(16)22-19-12-15(24(25)26)10-11-17(19)20/h2-12,23H,1H3,(H,21,22)/p+1. The van der Waals surface area contributed by atoms with Gasteiger partial charge in [0.05, 0.1) is 33.7 Å². The maximum atomic E-state index is 11.4. The van der Waals surface area contributed by atoms with Crippen LogP contribution in [-0.4, -0.2) is 19.6 Å². The number of hydrogen-bond donors (Lipinski definition) is 2. The molecule has 0 bridgehead atoms. The smallest absolute Gasteiger partial charge is 0.276 e. The molecule has 0 spiro atoms. The van der Waals surface area contributed by atoms with Gasteiger partial charge >= 0.3 is 0 Å². The monoisotopic (exact) mass is 409 g/mol. The van der Waals surface area contributed by atoms with E-state index in [0.717, 1.165) is 33.9 Å². The fraction of sp³-hybridized carbons (Fsp3) is 0.0500. The van der Waals surface area contributed by atoms with Gasteiger partial charge in [0.2, 0.25) is 21.1 Å². The molecule has 0 fully saturated rings. The van der Waals surface area contributed by atoms with E-state index in [0.29, 0.717) is 11.2 Å². The summed E-state index contributed by atoms with van der Waals surface area (Å²) in [4.78, 5) is 14.0. The summed E-state index contributed by atoms with van der Waals surface area (Å²) in [6.45, 7) is 0. The first-order valence-corrected chi connectivity index (χ1v) is 10.6. The van der Waals surface area contributed by atoms with Crippen LogP contribution in [-0.2, 0) is 10.0 Å². The highest BCUT2D eigenvalue weighted by Crippen LogP contribution is 2.33. The van der Waals surface area contributed by atoms with E-state index in [9.17, 15) is 18.5 Å². The Morgan fingerprint density at radius 3 is 2.24 bits per heavy atom. The molecule has 0 amide bonds. The Labute approximate surface area is 166 Å². The highest BCUT2D eigenvalue weighted by molar-refractivity contribution is 7.92. The number of nitro groups is 1. The molecule has 0 unspecified atom stereocenters. The van der Waals surface area contributed by atoms with Crippen molar-refractivity contribution in [1.82, 2.24) is 0 Å². The van der Waals surface area contributed by atoms with Gasteiger partial charge in [0.15, 0.2) is 0 Å². The minimum absolute atomic E-state index is 0.00573. The molecule has 0 radical (unpaired) electrons. The molecule has 9 heteroatoms. The second-order valence-electron chi connectivity index (χ2n) is 6.61. The molecule has 0 atom stereocenters. The van der Waals surface area contributed by atoms with Crippen LogP contribution in [0.4, 0.5) is 22.7 Å². The first kappa shape index (κ1) is 18.6. The summed E-state index contributed by atoms with van der Waals surface area (Å²) in [6.07, 6.45) is 1.09. The topological polar surface area (TPSA) is 115 Å². The zero-order chi connectivity index (χ0) is 20.6. The SMILES string of the molecule is CS(=O)(=O)Nc1ccc(Nc2c3ccccc3[nH+]c3cc([N+](=O)[O-])ccc23)cc1. The van der Waals surface area contributed by atoms with Crippen LogP contribution in [0.5, 0.6) is 0 Å². The van der Waals surface area contributed by atoms with Crippen molar-refractivity contribution in [2.75, 3.05) is 16.3 Å². The molecular weight excluding hydrogens is 392 g/mol. The average Bonchev–Trinajstić information content (AvgIpc) is 2.67. The number of pyridine rings is 1. The van der Waals surface area contributed by atoms with Crippen LogP contribution in [0, 0.1) is 10.1 Å². The van der Waals surface area contributed by atoms with E-state index in [4.69, 9.17) is 0 Å². The van der Waals surface area contributed by atoms with E-state index in [1.807, 2.05) is 24.3 Å². The molecule has 3 aromatic carbocycles. The summed E-state index contributed by atoms with van der Waals surface area (Å²) >= 11 is 0. The van der Waals surface area contributed by atoms with Crippen molar-refractivity contribution >= 4 is 54.6 Å². The van der Waals surface area contributed by atoms with E-state index < -0.39 is 14.9 Å². The van der Waals surface area contributed by atoms with Crippen LogP contribution >= 0.6 is 0 Å². The number of aromatic amines is 1. The van der Waals surface area contributed by atoms with Gasteiger partial charge in [-0.3, -0.25) is 14.8 Å². The molecule has 4 aromatic rings. The Hall–Kier alpha value is -3.72. The van der Waals surface area contributed by atoms with Crippen molar-refractivity contribution in [3.63, 3.8) is 0 Å². The van der Waals surface area contributed by atoms with Gasteiger partial charge in [-0.1, -0.05) is 12.1 Å². The van der Waals surface area contributed by atoms with Crippen molar-refractivity contribution in [1.29, 1.82) is 0 Å². The van der Waals surface area contributed by atoms with Gasteiger partial charge in [-0.25, -0.2) is 13.4 Å². The zero-order valence-corrected chi connectivity index (χ0v) is 16.2. The Morgan fingerprint density at radius 2 is 1.55 bits per heavy atom. The fourth-order valence-electron chi connectivity index (χ4n) is 3.18. The highest BCUT2D eigenvalue weighted by Gasteiger charge is 2.17. The van der Waals surface area contributed by atoms with Crippen LogP contribution in [0.15, 0.2) is 66.7 Å². The minimum atomic E-state index is -3.35. The van der Waals surface area contributed by atoms with Gasteiger partial charge in [-0.2, -0.15) is 0 Å². The molecule has 0 saturated carbocycles. The largest absolute Gasteiger partial charge is 0.354 e. The van der Waals surface area contributed by atoms with Gasteiger partial charge in [-0.15, -0.1) is 0 Å². The third-order valence-corrected chi connectivity index (χ3v) is 5.01. The second-order valence-corrected chi connectivity index (χ2v) is 8.36. The van der Waals surface area contributed by atoms with E-state index in [1.54, 1.807) is 30.3 Å². The summed E-state index contributed by atoms with van der Waals surface area (Å²) < 4.78 is 25.2. The number of fused-ring (bicyclic) bond motifs is 2. The predicted molar refractivity (Wildman–Crippen MR) is 113 cm³/mol. The van der Waals surface area contributed by atoms with Gasteiger partial charge in [0.1, 0.15) is 0 Å². The predicted octanol–water partition coefficient (Wildman–Crippen LogP) is 3.83. The normalized spacial score (nSPS) is 11.5. The number of nitro benzene ring substituents is 1. The Balaban J connectivity index is 1.81. The number of non-ortho nitro benzene ring substituents is 1. The van der Waals surface area contributed by atoms with Crippen molar-refractivity contribution in [3.05, 3.63) is 76.8 Å². The van der Waals surface area contributed by atoms with Gasteiger partial charge in [0, 0.05) is 23.5 Å². The number of para-hydroxylation sites is 1. The summed E-state index contributed by atoms with van der Waals surface area (Å²) in [7, 11) is -3.35. The highest BCUT2D eigenvalue weighted by atomic mass is 32.2. The summed E-state index contributed by atoms with van der Waals surface area (Å²) in [5.41, 5.74) is 3.48. The molecule has 8 nitrogen and oxygen atoms in total. The zero-order valence-electron chi connectivity index (χ0n) is 15.3. The number of sulfonamides is 1. The second kappa shape index (κ2) is 7.02. The molecule has 1 heterocycles. The van der Waals surface area contributed by atoms with E-state index in [2.05, 4.69) is 15.0 Å². The number of nitrogens with zero attached hydrogens (tertiary/aromatic N) is 1. The first-order valence-electron chi connectivity index (χ1n) is 8.67. The van der Waals surface area contributed by atoms with E-state index >= 15 is 0 Å². The lowest BCUT2D eigenvalue weighted by Gasteiger charge is -2.11. The molecule has 0 aliphatic rings. The lowest BCUT2D eigenvalue weighted by molar-refractivity contribution is -0.385. The minimum Gasteiger partial charge on any atom is -0.354 e. The van der Waals surface area contributed by atoms with Crippen LogP contribution in [0.3, 0.4) is 0 Å². The Kier molecular flexibility index (Phi) is 4.51. The quantitative estimate of drug-likeness (QED) is 0.295. The molecule has 0 aliphatic heterocycles. The number of nitrogens with one attached hydrogen (secondary N) is 3. The van der Waals surface area contributed by atoms with E-state index in [1.165, 1.54) is 12.1 Å². The van der Waals surface area contributed by atoms with Crippen LogP contribution in [0.1, 0.15) is 0 Å². The number of hydrogen-bond acceptors (Lipinski definition) is 5. The molecule has 1 aromatic heterocycles. The van der Waals surface area contributed by atoms with Crippen LogP contribution in [0.2, 0.25) is 0 Å². The Morgan fingerprint density at radius 1 is 0.897 bits per heavy atom. The van der Waals surface area contributed by atoms with Crippen molar-refractivity contribution in [3.8, 4) is 0 Å². The summed E-state index contributed by atoms with van der Waals surface area (Å²) in [6, 6.07) is 19.2. The van der Waals surface area contributed by atoms with Gasteiger partial charge in [-0.05, 0) is 36.4 Å². The van der Waals surface area contributed by atoms with Crippen LogP contribution in [0.25, 0.3) is 21.8 Å². The van der Waals surface area contributed by atoms with Crippen LogP contribution < -0.4 is 15.0 Å². The van der Waals surface area contributed by atoms with Crippen molar-refractivity contribution in [2.24, 2.45) is 0 Å². The van der Waals surface area contributed by atoms with Crippen molar-refractivity contribution < 1.29 is 18.3 Å². The fourth-order valence-corrected chi connectivity index (χ4v) is 3.75. The molecular formula is C20H17N4O4S+. The first-order chi connectivity index (χ1) is 13.8. The number of aromatic nitrogens is 1. The molecule has 146 valence electrons. The van der Waals surface area contributed by atoms with Crippen molar-refractivity contribution in [2.45, 2.75) is 0 Å². The average molecular weight is 409 g/mol. The molecule has 4 rings (SSSR count). The number of H-pyrrole nitrogens is 1. The maximum Gasteiger partial charge on any atom is 0.276 e. The Bertz CT molecular complexity index is 1350. The molecule has 0 saturated heterocycles. The third-order valence-electron chi connectivity index (χ3n) is 4.41. The molecule has 0 aliphatic carbocycles. The number of rotatable bonds is 5. The summed E-state index contributed by atoms with van der Waals surface area (Å²) in [5.74, 6) is 0. The van der Waals surface area contributed by atoms with Gasteiger partial charge < -0.3 is 5.32 Å². The van der Waals surface area contributed by atoms with Gasteiger partial charge in [0.25, 0.3) is 5.69 Å². The lowest BCUT2D eigenvalue weighted by Crippen LogP contribution is -2.09. The third kappa shape index (κ3) is 3.94. The molecule has 3 N–H and O–H groups in total. The van der Waals surface area contributed by atoms with E-state index in [-0.39, 0.29) is 5.69 Å².